The average molecular weight is 391 g/mol. The predicted octanol–water partition coefficient (Wildman–Crippen LogP) is -1.06. The van der Waals surface area contributed by atoms with Crippen LogP contribution in [0.1, 0.15) is 12.5 Å². The largest absolute Gasteiger partial charge is 1.00 e. The summed E-state index contributed by atoms with van der Waals surface area (Å²) in [5, 5.41) is 23.6. The van der Waals surface area contributed by atoms with Gasteiger partial charge in [0.25, 0.3) is 0 Å². The summed E-state index contributed by atoms with van der Waals surface area (Å²) in [7, 11) is 0. The van der Waals surface area contributed by atoms with Crippen LogP contribution in [-0.4, -0.2) is 45.1 Å². The fraction of sp³-hybridized carbons (Fsp3) is 0.278. The quantitative estimate of drug-likeness (QED) is 0.450. The first-order valence-corrected chi connectivity index (χ1v) is 8.40. The molecule has 0 aliphatic heterocycles. The van der Waals surface area contributed by atoms with E-state index in [9.17, 15) is 0 Å². The van der Waals surface area contributed by atoms with Crippen LogP contribution >= 0.6 is 0 Å². The molecule has 0 saturated heterocycles. The summed E-state index contributed by atoms with van der Waals surface area (Å²) >= 11 is 0. The fourth-order valence-electron chi connectivity index (χ4n) is 2.40. The Bertz CT molecular complexity index is 829. The van der Waals surface area contributed by atoms with Gasteiger partial charge in [0, 0.05) is 13.1 Å². The Morgan fingerprint density at radius 1 is 1.11 bits per heavy atom. The third-order valence-corrected chi connectivity index (χ3v) is 3.57. The third-order valence-electron chi connectivity index (χ3n) is 3.57. The highest BCUT2D eigenvalue weighted by atomic mass is 35.5. The summed E-state index contributed by atoms with van der Waals surface area (Å²) in [6, 6.07) is 15.4. The molecule has 1 heterocycles. The minimum absolute atomic E-state index is 0. The number of aromatic nitrogens is 4. The normalized spacial score (nSPS) is 10.3. The van der Waals surface area contributed by atoms with E-state index in [1.807, 2.05) is 55.5 Å². The van der Waals surface area contributed by atoms with Gasteiger partial charge in [0.15, 0.2) is 11.5 Å². The van der Waals surface area contributed by atoms with E-state index >= 15 is 0 Å². The van der Waals surface area contributed by atoms with E-state index in [4.69, 9.17) is 14.6 Å². The molecule has 1 aromatic heterocycles. The lowest BCUT2D eigenvalue weighted by Crippen LogP contribution is -3.00. The molecule has 0 spiro atoms. The summed E-state index contributed by atoms with van der Waals surface area (Å²) in [5.74, 6) is 1.14. The zero-order valence-electron chi connectivity index (χ0n) is 14.9. The van der Waals surface area contributed by atoms with Gasteiger partial charge in [0.05, 0.1) is 18.9 Å². The summed E-state index contributed by atoms with van der Waals surface area (Å²) in [6.07, 6.45) is 0. The molecule has 0 unspecified atom stereocenters. The molecule has 0 aliphatic carbocycles. The van der Waals surface area contributed by atoms with Crippen LogP contribution in [0.15, 0.2) is 48.5 Å². The number of aliphatic hydroxyl groups is 1. The Balaban J connectivity index is 0.00000261. The highest BCUT2D eigenvalue weighted by Crippen LogP contribution is 2.32. The number of benzene rings is 2. The van der Waals surface area contributed by atoms with Crippen LogP contribution in [0.5, 0.6) is 17.5 Å². The molecule has 0 fully saturated rings. The molecule has 3 rings (SSSR count). The smallest absolute Gasteiger partial charge is 0.346 e. The zero-order valence-corrected chi connectivity index (χ0v) is 15.6. The molecule has 0 atom stereocenters. The zero-order chi connectivity index (χ0) is 18.2. The molecular formula is C18H21ClN5O3-. The number of tetrazole rings is 1. The minimum atomic E-state index is 0. The van der Waals surface area contributed by atoms with Crippen LogP contribution in [-0.2, 0) is 6.54 Å². The Kier molecular flexibility index (Phi) is 8.00. The highest BCUT2D eigenvalue weighted by molar-refractivity contribution is 5.44. The Hall–Kier alpha value is -2.68. The van der Waals surface area contributed by atoms with Gasteiger partial charge < -0.3 is 32.3 Å². The second kappa shape index (κ2) is 10.5. The molecule has 144 valence electrons. The van der Waals surface area contributed by atoms with Gasteiger partial charge in [-0.2, -0.15) is 4.68 Å². The first-order valence-electron chi connectivity index (χ1n) is 8.40. The van der Waals surface area contributed by atoms with Crippen LogP contribution in [0.4, 0.5) is 0 Å². The molecule has 0 saturated carbocycles. The number of nitrogens with one attached hydrogen (secondary N) is 1. The first kappa shape index (κ1) is 20.6. The van der Waals surface area contributed by atoms with E-state index in [2.05, 4.69) is 20.8 Å². The Morgan fingerprint density at radius 3 is 2.67 bits per heavy atom. The molecule has 2 aromatic carbocycles. The molecule has 8 nitrogen and oxygen atoms in total. The second-order valence-electron chi connectivity index (χ2n) is 5.43. The Morgan fingerprint density at radius 2 is 1.93 bits per heavy atom. The maximum absolute atomic E-state index is 8.86. The molecule has 3 aromatic rings. The summed E-state index contributed by atoms with van der Waals surface area (Å²) in [4.78, 5) is 0. The molecule has 0 radical (unpaired) electrons. The summed E-state index contributed by atoms with van der Waals surface area (Å²) in [6.45, 7) is 3.68. The molecule has 2 N–H and O–H groups in total. The van der Waals surface area contributed by atoms with Gasteiger partial charge in [0.1, 0.15) is 0 Å². The van der Waals surface area contributed by atoms with Gasteiger partial charge in [-0.1, -0.05) is 29.4 Å². The van der Waals surface area contributed by atoms with E-state index in [0.29, 0.717) is 31.2 Å². The van der Waals surface area contributed by atoms with Gasteiger partial charge >= 0.3 is 6.01 Å². The predicted molar refractivity (Wildman–Crippen MR) is 95.6 cm³/mol. The van der Waals surface area contributed by atoms with Crippen molar-refractivity contribution in [2.24, 2.45) is 0 Å². The number of ether oxygens (including phenoxy) is 2. The first-order chi connectivity index (χ1) is 12.8. The van der Waals surface area contributed by atoms with Gasteiger partial charge in [0.2, 0.25) is 0 Å². The lowest BCUT2D eigenvalue weighted by molar-refractivity contribution is -0.00000754. The highest BCUT2D eigenvalue weighted by Gasteiger charge is 2.14. The van der Waals surface area contributed by atoms with Crippen LogP contribution in [0.2, 0.25) is 0 Å². The van der Waals surface area contributed by atoms with Crippen molar-refractivity contribution in [3.63, 3.8) is 0 Å². The standard InChI is InChI=1S/C18H21N5O3.ClH/c1-2-25-17-12-14(13-19-10-11-24)8-9-16(17)26-18-20-21-22-23(18)15-6-4-3-5-7-15;/h3-9,12,19,24H,2,10-11,13H2,1H3;1H/p-1. The van der Waals surface area contributed by atoms with Gasteiger partial charge in [-0.15, -0.1) is 0 Å². The number of hydrogen-bond donors (Lipinski definition) is 2. The molecule has 0 amide bonds. The van der Waals surface area contributed by atoms with Crippen molar-refractivity contribution in [1.29, 1.82) is 0 Å². The van der Waals surface area contributed by atoms with Crippen molar-refractivity contribution in [3.8, 4) is 23.2 Å². The number of nitrogens with zero attached hydrogens (tertiary/aromatic N) is 4. The summed E-state index contributed by atoms with van der Waals surface area (Å²) < 4.78 is 13.1. The second-order valence-corrected chi connectivity index (χ2v) is 5.43. The number of aliphatic hydroxyl groups excluding tert-OH is 1. The van der Waals surface area contributed by atoms with Crippen molar-refractivity contribution in [3.05, 3.63) is 54.1 Å². The van der Waals surface area contributed by atoms with Gasteiger partial charge in [-0.05, 0) is 47.2 Å². The number of hydrogen-bond acceptors (Lipinski definition) is 7. The average Bonchev–Trinajstić information content (AvgIpc) is 3.13. The third kappa shape index (κ3) is 5.40. The topological polar surface area (TPSA) is 94.3 Å². The lowest BCUT2D eigenvalue weighted by Gasteiger charge is -2.13. The molecular weight excluding hydrogens is 370 g/mol. The molecule has 9 heteroatoms. The Labute approximate surface area is 163 Å². The number of para-hydroxylation sites is 1. The SMILES string of the molecule is CCOc1cc(CNCCO)ccc1Oc1nnnn1-c1ccccc1.[Cl-]. The molecule has 0 aliphatic rings. The summed E-state index contributed by atoms with van der Waals surface area (Å²) in [5.41, 5.74) is 1.83. The minimum Gasteiger partial charge on any atom is -1.00 e. The number of rotatable bonds is 9. The molecule has 0 bridgehead atoms. The van der Waals surface area contributed by atoms with E-state index < -0.39 is 0 Å². The van der Waals surface area contributed by atoms with Crippen LogP contribution in [0, 0.1) is 0 Å². The van der Waals surface area contributed by atoms with E-state index in [1.165, 1.54) is 4.68 Å². The van der Waals surface area contributed by atoms with E-state index in [-0.39, 0.29) is 25.0 Å². The lowest BCUT2D eigenvalue weighted by atomic mass is 10.2. The molecule has 27 heavy (non-hydrogen) atoms. The van der Waals surface area contributed by atoms with Crippen molar-refractivity contribution < 1.29 is 27.0 Å². The fourth-order valence-corrected chi connectivity index (χ4v) is 2.40. The maximum atomic E-state index is 8.86. The van der Waals surface area contributed by atoms with Crippen molar-refractivity contribution in [1.82, 2.24) is 25.5 Å². The van der Waals surface area contributed by atoms with Crippen LogP contribution in [0.3, 0.4) is 0 Å². The monoisotopic (exact) mass is 390 g/mol. The van der Waals surface area contributed by atoms with E-state index in [0.717, 1.165) is 11.3 Å². The van der Waals surface area contributed by atoms with Gasteiger partial charge in [-0.3, -0.25) is 0 Å². The van der Waals surface area contributed by atoms with E-state index in [1.54, 1.807) is 0 Å². The van der Waals surface area contributed by atoms with Crippen molar-refractivity contribution >= 4 is 0 Å². The van der Waals surface area contributed by atoms with Gasteiger partial charge in [-0.25, -0.2) is 0 Å². The van der Waals surface area contributed by atoms with Crippen LogP contribution < -0.4 is 27.2 Å². The van der Waals surface area contributed by atoms with Crippen molar-refractivity contribution in [2.45, 2.75) is 13.5 Å². The number of halogens is 1. The van der Waals surface area contributed by atoms with Crippen molar-refractivity contribution in [2.75, 3.05) is 19.8 Å². The van der Waals surface area contributed by atoms with Crippen LogP contribution in [0.25, 0.3) is 5.69 Å². The maximum Gasteiger partial charge on any atom is 0.346 e.